The molecule has 0 spiro atoms. The third-order valence-electron chi connectivity index (χ3n) is 6.15. The number of aromatic nitrogens is 2. The van der Waals surface area contributed by atoms with Gasteiger partial charge in [-0.2, -0.15) is 0 Å². The minimum absolute atomic E-state index is 0.189. The van der Waals surface area contributed by atoms with E-state index in [-0.39, 0.29) is 12.1 Å². The Morgan fingerprint density at radius 3 is 3.00 bits per heavy atom. The molecule has 3 aromatic carbocycles. The van der Waals surface area contributed by atoms with Gasteiger partial charge >= 0.3 is 0 Å². The second-order valence-corrected chi connectivity index (χ2v) is 8.45. The number of hydrogen-bond donors (Lipinski definition) is 2. The Bertz CT molecular complexity index is 1280. The molecule has 6 heteroatoms. The molecule has 2 unspecified atom stereocenters. The van der Waals surface area contributed by atoms with Crippen LogP contribution in [0.3, 0.4) is 0 Å². The summed E-state index contributed by atoms with van der Waals surface area (Å²) in [6.07, 6.45) is 1.18. The summed E-state index contributed by atoms with van der Waals surface area (Å²) in [5, 5.41) is 6.52. The molecular formula is C24H22ClN3O2. The largest absolute Gasteiger partial charge is 0.488 e. The Morgan fingerprint density at radius 2 is 2.10 bits per heavy atom. The first-order chi connectivity index (χ1) is 14.7. The number of aromatic amines is 1. The van der Waals surface area contributed by atoms with Crippen LogP contribution >= 0.6 is 11.6 Å². The molecule has 0 amide bonds. The number of H-pyrrole nitrogens is 1. The molecule has 6 rings (SSSR count). The highest BCUT2D eigenvalue weighted by atomic mass is 35.5. The minimum atomic E-state index is 0.189. The van der Waals surface area contributed by atoms with E-state index in [1.807, 2.05) is 19.1 Å². The van der Waals surface area contributed by atoms with Gasteiger partial charge < -0.3 is 19.8 Å². The summed E-state index contributed by atoms with van der Waals surface area (Å²) in [5.41, 5.74) is 5.43. The van der Waals surface area contributed by atoms with E-state index < -0.39 is 0 Å². The molecule has 1 saturated heterocycles. The molecule has 4 aromatic rings. The molecule has 0 bridgehead atoms. The maximum Gasteiger partial charge on any atom is 0.128 e. The number of imidazole rings is 1. The zero-order valence-corrected chi connectivity index (χ0v) is 17.4. The van der Waals surface area contributed by atoms with Crippen LogP contribution in [-0.4, -0.2) is 29.2 Å². The van der Waals surface area contributed by atoms with Crippen LogP contribution in [0.4, 0.5) is 0 Å². The molecule has 30 heavy (non-hydrogen) atoms. The number of halogens is 1. The van der Waals surface area contributed by atoms with Crippen LogP contribution in [0, 0.1) is 0 Å². The van der Waals surface area contributed by atoms with E-state index in [0.29, 0.717) is 6.61 Å². The van der Waals surface area contributed by atoms with Crippen LogP contribution in [-0.2, 0) is 11.3 Å². The van der Waals surface area contributed by atoms with Gasteiger partial charge in [-0.25, -0.2) is 4.98 Å². The molecule has 2 aliphatic rings. The second kappa shape index (κ2) is 6.98. The van der Waals surface area contributed by atoms with E-state index in [1.54, 1.807) is 0 Å². The summed E-state index contributed by atoms with van der Waals surface area (Å²) >= 11 is 6.17. The van der Waals surface area contributed by atoms with E-state index in [0.717, 1.165) is 69.1 Å². The van der Waals surface area contributed by atoms with Crippen molar-refractivity contribution in [1.29, 1.82) is 0 Å². The zero-order valence-electron chi connectivity index (χ0n) is 16.7. The Kier molecular flexibility index (Phi) is 4.23. The van der Waals surface area contributed by atoms with E-state index in [2.05, 4.69) is 40.6 Å². The maximum absolute atomic E-state index is 6.17. The molecule has 2 atom stereocenters. The number of ether oxygens (including phenoxy) is 2. The lowest BCUT2D eigenvalue weighted by molar-refractivity contribution is 0.0755. The fourth-order valence-electron chi connectivity index (χ4n) is 4.71. The van der Waals surface area contributed by atoms with Crippen LogP contribution in [0.5, 0.6) is 5.75 Å². The summed E-state index contributed by atoms with van der Waals surface area (Å²) in [6.45, 7) is 4.17. The summed E-state index contributed by atoms with van der Waals surface area (Å²) < 4.78 is 11.9. The smallest absolute Gasteiger partial charge is 0.128 e. The van der Waals surface area contributed by atoms with Crippen molar-refractivity contribution >= 4 is 33.4 Å². The predicted molar refractivity (Wildman–Crippen MR) is 119 cm³/mol. The molecule has 2 aliphatic heterocycles. The molecular weight excluding hydrogens is 398 g/mol. The molecule has 0 radical (unpaired) electrons. The molecule has 0 aliphatic carbocycles. The quantitative estimate of drug-likeness (QED) is 0.468. The highest BCUT2D eigenvalue weighted by Crippen LogP contribution is 2.42. The van der Waals surface area contributed by atoms with E-state index in [4.69, 9.17) is 26.1 Å². The van der Waals surface area contributed by atoms with Crippen molar-refractivity contribution in [2.24, 2.45) is 0 Å². The number of benzene rings is 3. The van der Waals surface area contributed by atoms with E-state index in [9.17, 15) is 0 Å². The van der Waals surface area contributed by atoms with Crippen molar-refractivity contribution in [3.05, 3.63) is 58.9 Å². The van der Waals surface area contributed by atoms with Crippen LogP contribution in [0.1, 0.15) is 30.8 Å². The molecule has 2 N–H and O–H groups in total. The summed E-state index contributed by atoms with van der Waals surface area (Å²) in [4.78, 5) is 8.49. The fourth-order valence-corrected chi connectivity index (χ4v) is 4.91. The van der Waals surface area contributed by atoms with Gasteiger partial charge in [0, 0.05) is 29.1 Å². The molecule has 152 valence electrons. The molecule has 5 nitrogen and oxygen atoms in total. The van der Waals surface area contributed by atoms with Gasteiger partial charge in [0.1, 0.15) is 18.2 Å². The van der Waals surface area contributed by atoms with Crippen molar-refractivity contribution in [2.75, 3.05) is 13.2 Å². The highest BCUT2D eigenvalue weighted by Gasteiger charge is 2.28. The Morgan fingerprint density at radius 1 is 1.17 bits per heavy atom. The summed E-state index contributed by atoms with van der Waals surface area (Å²) in [7, 11) is 0. The number of rotatable bonds is 3. The number of nitrogens with zero attached hydrogens (tertiary/aromatic N) is 1. The normalized spacial score (nSPS) is 20.3. The van der Waals surface area contributed by atoms with Gasteiger partial charge in [0.25, 0.3) is 0 Å². The van der Waals surface area contributed by atoms with Gasteiger partial charge in [-0.3, -0.25) is 0 Å². The fraction of sp³-hybridized carbons (Fsp3) is 0.292. The topological polar surface area (TPSA) is 59.2 Å². The lowest BCUT2D eigenvalue weighted by Gasteiger charge is -2.21. The third-order valence-corrected chi connectivity index (χ3v) is 6.39. The van der Waals surface area contributed by atoms with Gasteiger partial charge in [-0.1, -0.05) is 23.7 Å². The average molecular weight is 420 g/mol. The molecule has 3 heterocycles. The minimum Gasteiger partial charge on any atom is -0.488 e. The molecule has 1 fully saturated rings. The van der Waals surface area contributed by atoms with Crippen molar-refractivity contribution in [1.82, 2.24) is 15.3 Å². The summed E-state index contributed by atoms with van der Waals surface area (Å²) in [5.74, 6) is 1.86. The van der Waals surface area contributed by atoms with Crippen LogP contribution in [0.25, 0.3) is 32.9 Å². The Labute approximate surface area is 179 Å². The van der Waals surface area contributed by atoms with E-state index >= 15 is 0 Å². The van der Waals surface area contributed by atoms with Gasteiger partial charge in [0.05, 0.1) is 23.2 Å². The van der Waals surface area contributed by atoms with Crippen molar-refractivity contribution in [2.45, 2.75) is 32.1 Å². The number of fused-ring (bicyclic) bond motifs is 6. The lowest BCUT2D eigenvalue weighted by Crippen LogP contribution is -2.17. The highest BCUT2D eigenvalue weighted by molar-refractivity contribution is 6.30. The van der Waals surface area contributed by atoms with Gasteiger partial charge in [-0.05, 0) is 60.2 Å². The third kappa shape index (κ3) is 2.88. The number of nitrogens with one attached hydrogen (secondary N) is 2. The monoisotopic (exact) mass is 419 g/mol. The van der Waals surface area contributed by atoms with Gasteiger partial charge in [0.15, 0.2) is 0 Å². The zero-order chi connectivity index (χ0) is 20.2. The van der Waals surface area contributed by atoms with Crippen LogP contribution in [0.15, 0.2) is 42.5 Å². The van der Waals surface area contributed by atoms with Crippen molar-refractivity contribution in [3.63, 3.8) is 0 Å². The Balaban J connectivity index is 1.44. The first kappa shape index (κ1) is 18.2. The molecule has 0 saturated carbocycles. The average Bonchev–Trinajstić information content (AvgIpc) is 3.39. The molecule has 1 aromatic heterocycles. The SMILES string of the molecule is CCOC1CNC(c2nc3c(ccc4cc5c(cc43)OCc3cc(Cl)ccc3-5)[nH]2)C1. The van der Waals surface area contributed by atoms with Crippen LogP contribution < -0.4 is 10.1 Å². The first-order valence-electron chi connectivity index (χ1n) is 10.4. The van der Waals surface area contributed by atoms with Gasteiger partial charge in [0.2, 0.25) is 0 Å². The predicted octanol–water partition coefficient (Wildman–Crippen LogP) is 5.37. The van der Waals surface area contributed by atoms with Crippen LogP contribution in [0.2, 0.25) is 5.02 Å². The van der Waals surface area contributed by atoms with Gasteiger partial charge in [-0.15, -0.1) is 0 Å². The summed E-state index contributed by atoms with van der Waals surface area (Å²) in [6, 6.07) is 14.8. The van der Waals surface area contributed by atoms with Crippen molar-refractivity contribution in [3.8, 4) is 16.9 Å². The first-order valence-corrected chi connectivity index (χ1v) is 10.8. The standard InChI is InChI=1S/C24H22ClN3O2/c1-2-29-16-9-21(26-11-16)24-27-20-6-3-13-8-19-17-5-4-15(25)7-14(17)12-30-22(19)10-18(13)23(20)28-24/h3-8,10,16,21,26H,2,9,11-12H2,1H3,(H,27,28). The number of hydrogen-bond acceptors (Lipinski definition) is 4. The lowest BCUT2D eigenvalue weighted by atomic mass is 9.94. The maximum atomic E-state index is 6.17. The Hall–Kier alpha value is -2.60. The second-order valence-electron chi connectivity index (χ2n) is 8.02. The van der Waals surface area contributed by atoms with E-state index in [1.165, 1.54) is 5.56 Å². The van der Waals surface area contributed by atoms with Crippen molar-refractivity contribution < 1.29 is 9.47 Å².